The van der Waals surface area contributed by atoms with Gasteiger partial charge in [-0.3, -0.25) is 9.59 Å². The molecule has 0 spiro atoms. The summed E-state index contributed by atoms with van der Waals surface area (Å²) in [5.41, 5.74) is 2.10. The highest BCUT2D eigenvalue weighted by molar-refractivity contribution is 5.88. The molecule has 6 nitrogen and oxygen atoms in total. The number of rotatable bonds is 3. The topological polar surface area (TPSA) is 70.1 Å². The van der Waals surface area contributed by atoms with Crippen LogP contribution in [-0.4, -0.2) is 71.7 Å². The van der Waals surface area contributed by atoms with Gasteiger partial charge in [0.1, 0.15) is 0 Å². The SMILES string of the molecule is O=C(C1CCOCC1)N1CC(=O)N2[C@H](C1)[C@H](c1ccc(C#CC3CC3)cc1)[C@@H]2CO. The molecule has 3 atom stereocenters. The lowest BCUT2D eigenvalue weighted by Gasteiger charge is -2.59. The molecule has 4 aliphatic rings. The van der Waals surface area contributed by atoms with Crippen molar-refractivity contribution >= 4 is 11.8 Å². The van der Waals surface area contributed by atoms with E-state index in [-0.39, 0.29) is 48.9 Å². The second-order valence-electron chi connectivity index (χ2n) is 8.92. The molecular formula is C24H28N2O4. The first kappa shape index (κ1) is 19.6. The lowest BCUT2D eigenvalue weighted by molar-refractivity contribution is -0.169. The quantitative estimate of drug-likeness (QED) is 0.767. The van der Waals surface area contributed by atoms with Crippen LogP contribution in [0.15, 0.2) is 24.3 Å². The zero-order valence-electron chi connectivity index (χ0n) is 17.1. The van der Waals surface area contributed by atoms with Gasteiger partial charge in [0, 0.05) is 43.1 Å². The highest BCUT2D eigenvalue weighted by Crippen LogP contribution is 2.43. The molecule has 0 unspecified atom stereocenters. The average Bonchev–Trinajstić information content (AvgIpc) is 3.59. The number of amides is 2. The molecule has 3 aliphatic heterocycles. The van der Waals surface area contributed by atoms with Gasteiger partial charge >= 0.3 is 0 Å². The number of piperazine rings is 1. The number of nitrogens with zero attached hydrogens (tertiary/aromatic N) is 2. The van der Waals surface area contributed by atoms with Crippen LogP contribution < -0.4 is 0 Å². The number of fused-ring (bicyclic) bond motifs is 1. The predicted octanol–water partition coefficient (Wildman–Crippen LogP) is 1.37. The van der Waals surface area contributed by atoms with Crippen LogP contribution in [0.2, 0.25) is 0 Å². The second kappa shape index (κ2) is 8.05. The fourth-order valence-electron chi connectivity index (χ4n) is 5.07. The number of ether oxygens (including phenoxy) is 1. The number of hydrogen-bond acceptors (Lipinski definition) is 4. The molecule has 6 heteroatoms. The predicted molar refractivity (Wildman–Crippen MR) is 110 cm³/mol. The molecule has 30 heavy (non-hydrogen) atoms. The van der Waals surface area contributed by atoms with Gasteiger partial charge in [0.05, 0.1) is 25.2 Å². The summed E-state index contributed by atoms with van der Waals surface area (Å²) in [6.07, 6.45) is 3.87. The van der Waals surface area contributed by atoms with Gasteiger partial charge in [-0.05, 0) is 43.4 Å². The molecule has 158 valence electrons. The zero-order chi connectivity index (χ0) is 20.7. The third-order valence-corrected chi connectivity index (χ3v) is 6.93. The van der Waals surface area contributed by atoms with E-state index in [1.165, 1.54) is 12.8 Å². The Morgan fingerprint density at radius 1 is 1.13 bits per heavy atom. The van der Waals surface area contributed by atoms with Crippen LogP contribution in [0.3, 0.4) is 0 Å². The van der Waals surface area contributed by atoms with Gasteiger partial charge in [-0.25, -0.2) is 0 Å². The Labute approximate surface area is 177 Å². The summed E-state index contributed by atoms with van der Waals surface area (Å²) in [6.45, 7) is 1.81. The molecule has 1 aromatic rings. The van der Waals surface area contributed by atoms with E-state index in [1.807, 2.05) is 12.1 Å². The van der Waals surface area contributed by atoms with Crippen molar-refractivity contribution in [1.82, 2.24) is 9.80 Å². The molecular weight excluding hydrogens is 380 g/mol. The van der Waals surface area contributed by atoms with Crippen LogP contribution >= 0.6 is 0 Å². The lowest BCUT2D eigenvalue weighted by atomic mass is 9.73. The van der Waals surface area contributed by atoms with Gasteiger partial charge in [-0.15, -0.1) is 0 Å². The normalized spacial score (nSPS) is 29.0. The third kappa shape index (κ3) is 3.61. The van der Waals surface area contributed by atoms with E-state index in [2.05, 4.69) is 24.0 Å². The highest BCUT2D eigenvalue weighted by atomic mass is 16.5. The van der Waals surface area contributed by atoms with Gasteiger partial charge in [0.25, 0.3) is 0 Å². The lowest BCUT2D eigenvalue weighted by Crippen LogP contribution is -2.73. The number of carbonyl (C=O) groups is 2. The molecule has 5 rings (SSSR count). The average molecular weight is 408 g/mol. The number of benzene rings is 1. The molecule has 0 aromatic heterocycles. The van der Waals surface area contributed by atoms with Crippen molar-refractivity contribution in [1.29, 1.82) is 0 Å². The largest absolute Gasteiger partial charge is 0.394 e. The Morgan fingerprint density at radius 3 is 2.53 bits per heavy atom. The van der Waals surface area contributed by atoms with E-state index >= 15 is 0 Å². The highest BCUT2D eigenvalue weighted by Gasteiger charge is 2.54. The van der Waals surface area contributed by atoms with Crippen LogP contribution in [0.25, 0.3) is 0 Å². The first-order valence-corrected chi connectivity index (χ1v) is 11.1. The number of carbonyl (C=O) groups excluding carboxylic acids is 2. The minimum atomic E-state index is -0.216. The Hall–Kier alpha value is -2.36. The minimum Gasteiger partial charge on any atom is -0.394 e. The van der Waals surface area contributed by atoms with E-state index in [0.29, 0.717) is 25.7 Å². The minimum absolute atomic E-state index is 0.0367. The molecule has 0 bridgehead atoms. The first-order valence-electron chi connectivity index (χ1n) is 11.1. The van der Waals surface area contributed by atoms with Crippen molar-refractivity contribution in [3.63, 3.8) is 0 Å². The van der Waals surface area contributed by atoms with E-state index in [9.17, 15) is 14.7 Å². The monoisotopic (exact) mass is 408 g/mol. The van der Waals surface area contributed by atoms with E-state index in [1.54, 1.807) is 9.80 Å². The van der Waals surface area contributed by atoms with Gasteiger partial charge in [0.2, 0.25) is 11.8 Å². The van der Waals surface area contributed by atoms with Gasteiger partial charge in [-0.2, -0.15) is 0 Å². The smallest absolute Gasteiger partial charge is 0.242 e. The van der Waals surface area contributed by atoms with Crippen molar-refractivity contribution < 1.29 is 19.4 Å². The molecule has 2 amide bonds. The summed E-state index contributed by atoms with van der Waals surface area (Å²) >= 11 is 0. The maximum atomic E-state index is 13.0. The summed E-state index contributed by atoms with van der Waals surface area (Å²) in [5, 5.41) is 9.95. The van der Waals surface area contributed by atoms with Crippen molar-refractivity contribution in [3.05, 3.63) is 35.4 Å². The Kier molecular flexibility index (Phi) is 5.26. The van der Waals surface area contributed by atoms with Crippen LogP contribution in [0, 0.1) is 23.7 Å². The summed E-state index contributed by atoms with van der Waals surface area (Å²) in [4.78, 5) is 29.3. The molecule has 1 aliphatic carbocycles. The Morgan fingerprint density at radius 2 is 1.87 bits per heavy atom. The Balaban J connectivity index is 1.32. The van der Waals surface area contributed by atoms with E-state index in [4.69, 9.17) is 4.74 Å². The Bertz CT molecular complexity index is 877. The van der Waals surface area contributed by atoms with Crippen LogP contribution in [0.1, 0.15) is 42.7 Å². The summed E-state index contributed by atoms with van der Waals surface area (Å²) in [5.74, 6) is 7.07. The fraction of sp³-hybridized carbons (Fsp3) is 0.583. The van der Waals surface area contributed by atoms with Crippen molar-refractivity contribution in [2.75, 3.05) is 32.9 Å². The third-order valence-electron chi connectivity index (χ3n) is 6.93. The summed E-state index contributed by atoms with van der Waals surface area (Å²) < 4.78 is 5.37. The van der Waals surface area contributed by atoms with Crippen LogP contribution in [-0.2, 0) is 14.3 Å². The zero-order valence-corrected chi connectivity index (χ0v) is 17.1. The number of hydrogen-bond donors (Lipinski definition) is 1. The maximum Gasteiger partial charge on any atom is 0.242 e. The van der Waals surface area contributed by atoms with Crippen molar-refractivity contribution in [2.24, 2.45) is 11.8 Å². The summed E-state index contributed by atoms with van der Waals surface area (Å²) in [6, 6.07) is 7.88. The standard InChI is InChI=1S/C24H28N2O4/c27-15-21-23(18-7-5-17(6-8-18)4-3-16-1-2-16)20-13-25(14-22(28)26(20)21)24(29)19-9-11-30-12-10-19/h5-8,16,19-21,23,27H,1-2,9-15H2/t20-,21+,23+/m1/s1. The van der Waals surface area contributed by atoms with E-state index < -0.39 is 0 Å². The second-order valence-corrected chi connectivity index (χ2v) is 8.92. The van der Waals surface area contributed by atoms with E-state index in [0.717, 1.165) is 24.0 Å². The molecule has 4 fully saturated rings. The molecule has 1 aromatic carbocycles. The molecule has 3 saturated heterocycles. The van der Waals surface area contributed by atoms with Crippen molar-refractivity contribution in [3.8, 4) is 11.8 Å². The van der Waals surface area contributed by atoms with Gasteiger partial charge < -0.3 is 19.6 Å². The maximum absolute atomic E-state index is 13.0. The van der Waals surface area contributed by atoms with Gasteiger partial charge in [-0.1, -0.05) is 24.0 Å². The molecule has 1 N–H and O–H groups in total. The molecule has 0 radical (unpaired) electrons. The number of aliphatic hydroxyl groups is 1. The van der Waals surface area contributed by atoms with Crippen LogP contribution in [0.5, 0.6) is 0 Å². The molecule has 1 saturated carbocycles. The molecule has 3 heterocycles. The van der Waals surface area contributed by atoms with Gasteiger partial charge in [0.15, 0.2) is 0 Å². The first-order chi connectivity index (χ1) is 14.7. The van der Waals surface area contributed by atoms with Crippen molar-refractivity contribution in [2.45, 2.75) is 43.7 Å². The summed E-state index contributed by atoms with van der Waals surface area (Å²) in [7, 11) is 0. The van der Waals surface area contributed by atoms with Crippen LogP contribution in [0.4, 0.5) is 0 Å². The number of aliphatic hydroxyl groups excluding tert-OH is 1. The fourth-order valence-corrected chi connectivity index (χ4v) is 5.07.